The number of amides is 2. The minimum Gasteiger partial charge on any atom is -0.366 e. The molecule has 0 bridgehead atoms. The van der Waals surface area contributed by atoms with Crippen LogP contribution in [0.4, 0.5) is 28.9 Å². The lowest BCUT2D eigenvalue weighted by atomic mass is 9.95. The van der Waals surface area contributed by atoms with Gasteiger partial charge in [0.2, 0.25) is 5.91 Å². The molecule has 0 fully saturated rings. The monoisotopic (exact) mass is 461 g/mol. The van der Waals surface area contributed by atoms with Crippen LogP contribution in [-0.4, -0.2) is 11.8 Å². The van der Waals surface area contributed by atoms with E-state index >= 15 is 0 Å². The van der Waals surface area contributed by atoms with Crippen molar-refractivity contribution in [3.8, 4) is 11.1 Å². The maximum Gasteiger partial charge on any atom is 0.407 e. The van der Waals surface area contributed by atoms with E-state index in [0.717, 1.165) is 18.2 Å². The Morgan fingerprint density at radius 3 is 2.25 bits per heavy atom. The van der Waals surface area contributed by atoms with Crippen LogP contribution in [0.1, 0.15) is 26.3 Å². The van der Waals surface area contributed by atoms with Crippen molar-refractivity contribution in [2.24, 2.45) is 5.73 Å². The van der Waals surface area contributed by atoms with E-state index in [4.69, 9.17) is 23.9 Å². The zero-order chi connectivity index (χ0) is 23.6. The van der Waals surface area contributed by atoms with Crippen molar-refractivity contribution in [3.05, 3.63) is 93.5 Å². The molecule has 0 atom stereocenters. The average molecular weight is 462 g/mol. The molecule has 162 valence electrons. The molecular weight excluding hydrogens is 450 g/mol. The van der Waals surface area contributed by atoms with E-state index in [2.05, 4.69) is 10.2 Å². The summed E-state index contributed by atoms with van der Waals surface area (Å²) in [5, 5.41) is 2.69. The third-order valence-corrected chi connectivity index (χ3v) is 4.71. The lowest BCUT2D eigenvalue weighted by Crippen LogP contribution is -2.16. The number of primary amides is 1. The summed E-state index contributed by atoms with van der Waals surface area (Å²) in [6.45, 7) is 6.93. The van der Waals surface area contributed by atoms with Crippen molar-refractivity contribution in [1.82, 2.24) is 0 Å². The number of halogens is 5. The number of rotatable bonds is 4. The Morgan fingerprint density at radius 2 is 1.69 bits per heavy atom. The predicted octanol–water partition coefficient (Wildman–Crippen LogP) is 6.07. The number of alkyl halides is 3. The highest BCUT2D eigenvalue weighted by Gasteiger charge is 2.34. The van der Waals surface area contributed by atoms with Crippen LogP contribution in [0.5, 0.6) is 0 Å². The smallest absolute Gasteiger partial charge is 0.366 e. The molecule has 10 heteroatoms. The van der Waals surface area contributed by atoms with Crippen LogP contribution in [-0.2, 0) is 6.18 Å². The fourth-order valence-electron chi connectivity index (χ4n) is 2.94. The van der Waals surface area contributed by atoms with Gasteiger partial charge in [-0.1, -0.05) is 29.8 Å². The lowest BCUT2D eigenvalue weighted by molar-refractivity contribution is -0.136. The molecule has 32 heavy (non-hydrogen) atoms. The van der Waals surface area contributed by atoms with E-state index in [1.165, 1.54) is 30.3 Å². The van der Waals surface area contributed by atoms with Gasteiger partial charge in [-0.2, -0.15) is 13.2 Å². The number of anilines is 1. The van der Waals surface area contributed by atoms with Crippen LogP contribution in [0.2, 0.25) is 5.02 Å². The molecule has 3 N–H and O–H groups in total. The number of benzene rings is 3. The molecule has 2 amide bonds. The standard InChI is InChI=1S/C22H12ClF4N3O2/c1-29-18-7-4-12(8-16(18)22(25,26)27)14-10-19(17(24)9-15(14)20(28)31)30-21(32)11-2-5-13(23)6-3-11/h2-10H,(H2,28,31)(H,30,32). The maximum absolute atomic E-state index is 14.6. The Kier molecular flexibility index (Phi) is 6.18. The van der Waals surface area contributed by atoms with Crippen LogP contribution in [0.25, 0.3) is 16.0 Å². The highest BCUT2D eigenvalue weighted by molar-refractivity contribution is 6.30. The van der Waals surface area contributed by atoms with Gasteiger partial charge in [-0.15, -0.1) is 0 Å². The highest BCUT2D eigenvalue weighted by Crippen LogP contribution is 2.40. The molecule has 3 aromatic carbocycles. The zero-order valence-electron chi connectivity index (χ0n) is 15.9. The van der Waals surface area contributed by atoms with Gasteiger partial charge in [-0.3, -0.25) is 9.59 Å². The van der Waals surface area contributed by atoms with E-state index < -0.39 is 40.6 Å². The number of hydrogen-bond donors (Lipinski definition) is 2. The largest absolute Gasteiger partial charge is 0.407 e. The molecule has 3 rings (SSSR count). The number of carbonyl (C=O) groups is 2. The van der Waals surface area contributed by atoms with Gasteiger partial charge in [0.15, 0.2) is 5.69 Å². The first kappa shape index (κ1) is 22.8. The SMILES string of the molecule is [C-]#[N+]c1ccc(-c2cc(NC(=O)c3ccc(Cl)cc3)c(F)cc2C(N)=O)cc1C(F)(F)F. The van der Waals surface area contributed by atoms with Gasteiger partial charge in [-0.05, 0) is 47.5 Å². The van der Waals surface area contributed by atoms with Gasteiger partial charge in [0.1, 0.15) is 5.82 Å². The quantitative estimate of drug-likeness (QED) is 0.365. The van der Waals surface area contributed by atoms with Gasteiger partial charge < -0.3 is 11.1 Å². The van der Waals surface area contributed by atoms with Crippen LogP contribution in [0.3, 0.4) is 0 Å². The molecule has 0 unspecified atom stereocenters. The first-order valence-corrected chi connectivity index (χ1v) is 9.18. The normalized spacial score (nSPS) is 11.0. The van der Waals surface area contributed by atoms with Crippen molar-refractivity contribution in [3.63, 3.8) is 0 Å². The molecular formula is C22H12ClF4N3O2. The molecule has 0 aliphatic rings. The number of nitrogens with one attached hydrogen (secondary N) is 1. The Hall–Kier alpha value is -3.90. The second kappa shape index (κ2) is 8.69. The topological polar surface area (TPSA) is 76.6 Å². The molecule has 0 aliphatic heterocycles. The number of nitrogens with zero attached hydrogens (tertiary/aromatic N) is 1. The summed E-state index contributed by atoms with van der Waals surface area (Å²) in [6, 6.07) is 10.2. The van der Waals surface area contributed by atoms with Crippen molar-refractivity contribution in [1.29, 1.82) is 0 Å². The lowest BCUT2D eigenvalue weighted by Gasteiger charge is -2.15. The van der Waals surface area contributed by atoms with Crippen LogP contribution in [0.15, 0.2) is 54.6 Å². The Bertz CT molecular complexity index is 1270. The summed E-state index contributed by atoms with van der Waals surface area (Å²) in [5.74, 6) is -2.81. The summed E-state index contributed by atoms with van der Waals surface area (Å²) in [4.78, 5) is 27.1. The van der Waals surface area contributed by atoms with Crippen molar-refractivity contribution in [2.45, 2.75) is 6.18 Å². The van der Waals surface area contributed by atoms with Gasteiger partial charge in [-0.25, -0.2) is 9.24 Å². The zero-order valence-corrected chi connectivity index (χ0v) is 16.7. The molecule has 0 saturated heterocycles. The van der Waals surface area contributed by atoms with E-state index in [0.29, 0.717) is 11.1 Å². The summed E-state index contributed by atoms with van der Waals surface area (Å²) in [7, 11) is 0. The Labute approximate surface area is 184 Å². The van der Waals surface area contributed by atoms with Crippen molar-refractivity contribution >= 4 is 34.8 Å². The summed E-state index contributed by atoms with van der Waals surface area (Å²) in [6.07, 6.45) is -4.84. The molecule has 5 nitrogen and oxygen atoms in total. The molecule has 0 saturated carbocycles. The first-order valence-electron chi connectivity index (χ1n) is 8.80. The Balaban J connectivity index is 2.12. The Morgan fingerprint density at radius 1 is 1.03 bits per heavy atom. The molecule has 0 heterocycles. The maximum atomic E-state index is 14.6. The molecule has 0 aliphatic carbocycles. The second-order valence-electron chi connectivity index (χ2n) is 6.54. The van der Waals surface area contributed by atoms with Crippen molar-refractivity contribution in [2.75, 3.05) is 5.32 Å². The number of carbonyl (C=O) groups excluding carboxylic acids is 2. The fraction of sp³-hybridized carbons (Fsp3) is 0.0455. The number of hydrogen-bond acceptors (Lipinski definition) is 2. The van der Waals surface area contributed by atoms with Crippen LogP contribution < -0.4 is 11.1 Å². The third kappa shape index (κ3) is 4.71. The summed E-state index contributed by atoms with van der Waals surface area (Å²) >= 11 is 5.77. The predicted molar refractivity (Wildman–Crippen MR) is 111 cm³/mol. The van der Waals surface area contributed by atoms with Crippen LogP contribution >= 0.6 is 11.6 Å². The summed E-state index contributed by atoms with van der Waals surface area (Å²) in [5.41, 5.74) is 2.51. The van der Waals surface area contributed by atoms with Gasteiger partial charge >= 0.3 is 6.18 Å². The molecule has 0 spiro atoms. The van der Waals surface area contributed by atoms with Crippen LogP contribution in [0, 0.1) is 12.4 Å². The third-order valence-electron chi connectivity index (χ3n) is 4.46. The minimum atomic E-state index is -4.84. The summed E-state index contributed by atoms with van der Waals surface area (Å²) < 4.78 is 54.7. The molecule has 0 aromatic heterocycles. The molecule has 3 aromatic rings. The van der Waals surface area contributed by atoms with Gasteiger partial charge in [0, 0.05) is 16.1 Å². The van der Waals surface area contributed by atoms with Gasteiger partial charge in [0.05, 0.1) is 17.8 Å². The van der Waals surface area contributed by atoms with E-state index in [1.54, 1.807) is 0 Å². The average Bonchev–Trinajstić information content (AvgIpc) is 2.74. The van der Waals surface area contributed by atoms with E-state index in [1.807, 2.05) is 0 Å². The van der Waals surface area contributed by atoms with E-state index in [-0.39, 0.29) is 22.4 Å². The van der Waals surface area contributed by atoms with Crippen molar-refractivity contribution < 1.29 is 27.2 Å². The number of nitrogens with two attached hydrogens (primary N) is 1. The van der Waals surface area contributed by atoms with E-state index in [9.17, 15) is 27.2 Å². The highest BCUT2D eigenvalue weighted by atomic mass is 35.5. The molecule has 0 radical (unpaired) electrons. The minimum absolute atomic E-state index is 0.138. The first-order chi connectivity index (χ1) is 15.0. The second-order valence-corrected chi connectivity index (χ2v) is 6.98. The fourth-order valence-corrected chi connectivity index (χ4v) is 3.06. The van der Waals surface area contributed by atoms with Gasteiger partial charge in [0.25, 0.3) is 5.91 Å².